The zero-order valence-electron chi connectivity index (χ0n) is 15.8. The lowest BCUT2D eigenvalue weighted by atomic mass is 9.83. The van der Waals surface area contributed by atoms with Crippen LogP contribution in [-0.2, 0) is 17.9 Å². The second-order valence-electron chi connectivity index (χ2n) is 7.99. The molecule has 0 aliphatic heterocycles. The topological polar surface area (TPSA) is 38.1 Å². The Kier molecular flexibility index (Phi) is 5.55. The molecule has 0 unspecified atom stereocenters. The Morgan fingerprint density at radius 1 is 1.15 bits per heavy atom. The number of aromatic nitrogens is 2. The Bertz CT molecular complexity index is 777. The predicted octanol–water partition coefficient (Wildman–Crippen LogP) is 4.53. The standard InChI is InChI=1S/C22H28FN3O/c23-19-9-4-6-17(14-19)15-25-13-12-24-21(25)16-26(20-10-2-1-3-11-20)22(27)18-7-5-8-18/h4,6,9,12-14,18,20H,1-3,5,7-8,10-11,15-16H2. The molecule has 27 heavy (non-hydrogen) atoms. The first kappa shape index (κ1) is 18.2. The molecule has 1 heterocycles. The van der Waals surface area contributed by atoms with E-state index in [4.69, 9.17) is 0 Å². The molecule has 0 spiro atoms. The van der Waals surface area contributed by atoms with Crippen molar-refractivity contribution in [2.45, 2.75) is 70.5 Å². The highest BCUT2D eigenvalue weighted by atomic mass is 19.1. The summed E-state index contributed by atoms with van der Waals surface area (Å²) < 4.78 is 15.6. The van der Waals surface area contributed by atoms with E-state index >= 15 is 0 Å². The number of hydrogen-bond acceptors (Lipinski definition) is 2. The number of amides is 1. The van der Waals surface area contributed by atoms with Gasteiger partial charge in [-0.2, -0.15) is 0 Å². The summed E-state index contributed by atoms with van der Waals surface area (Å²) in [6.45, 7) is 1.13. The van der Waals surface area contributed by atoms with Crippen LogP contribution in [0, 0.1) is 11.7 Å². The molecule has 0 radical (unpaired) electrons. The van der Waals surface area contributed by atoms with E-state index in [1.807, 2.05) is 16.8 Å². The molecule has 2 aromatic rings. The van der Waals surface area contributed by atoms with Gasteiger partial charge in [0.1, 0.15) is 11.6 Å². The third-order valence-corrected chi connectivity index (χ3v) is 6.11. The van der Waals surface area contributed by atoms with Crippen LogP contribution in [0.2, 0.25) is 0 Å². The van der Waals surface area contributed by atoms with E-state index in [0.717, 1.165) is 37.1 Å². The molecule has 4 nitrogen and oxygen atoms in total. The fourth-order valence-electron chi connectivity index (χ4n) is 4.29. The maximum Gasteiger partial charge on any atom is 0.226 e. The maximum absolute atomic E-state index is 13.5. The number of carbonyl (C=O) groups is 1. The molecule has 0 bridgehead atoms. The highest BCUT2D eigenvalue weighted by Crippen LogP contribution is 2.32. The van der Waals surface area contributed by atoms with Crippen LogP contribution in [0.1, 0.15) is 62.8 Å². The fraction of sp³-hybridized carbons (Fsp3) is 0.545. The summed E-state index contributed by atoms with van der Waals surface area (Å²) in [6.07, 6.45) is 12.8. The third-order valence-electron chi connectivity index (χ3n) is 6.11. The molecule has 0 saturated heterocycles. The molecule has 5 heteroatoms. The Morgan fingerprint density at radius 3 is 2.67 bits per heavy atom. The number of hydrogen-bond donors (Lipinski definition) is 0. The quantitative estimate of drug-likeness (QED) is 0.750. The molecular weight excluding hydrogens is 341 g/mol. The van der Waals surface area contributed by atoms with Gasteiger partial charge >= 0.3 is 0 Å². The Balaban J connectivity index is 1.52. The second-order valence-corrected chi connectivity index (χ2v) is 7.99. The lowest BCUT2D eigenvalue weighted by Gasteiger charge is -2.38. The van der Waals surface area contributed by atoms with Crippen LogP contribution in [0.5, 0.6) is 0 Å². The minimum absolute atomic E-state index is 0.207. The number of nitrogens with zero attached hydrogens (tertiary/aromatic N) is 3. The zero-order valence-corrected chi connectivity index (χ0v) is 15.8. The SMILES string of the molecule is O=C(C1CCC1)N(Cc1nccn1Cc1cccc(F)c1)C1CCCCC1. The molecule has 1 aromatic heterocycles. The normalized spacial score (nSPS) is 18.3. The lowest BCUT2D eigenvalue weighted by Crippen LogP contribution is -2.46. The molecule has 2 fully saturated rings. The molecular formula is C22H28FN3O. The molecule has 1 aromatic carbocycles. The number of benzene rings is 1. The van der Waals surface area contributed by atoms with Crippen LogP contribution in [0.15, 0.2) is 36.7 Å². The van der Waals surface area contributed by atoms with Crippen molar-refractivity contribution in [1.82, 2.24) is 14.5 Å². The van der Waals surface area contributed by atoms with Gasteiger partial charge in [0.2, 0.25) is 5.91 Å². The van der Waals surface area contributed by atoms with Gasteiger partial charge in [-0.1, -0.05) is 37.8 Å². The van der Waals surface area contributed by atoms with Crippen LogP contribution in [0.25, 0.3) is 0 Å². The second kappa shape index (κ2) is 8.24. The van der Waals surface area contributed by atoms with Crippen molar-refractivity contribution in [2.24, 2.45) is 5.92 Å². The Hall–Kier alpha value is -2.17. The number of imidazole rings is 1. The van der Waals surface area contributed by atoms with E-state index in [9.17, 15) is 9.18 Å². The number of halogens is 1. The van der Waals surface area contributed by atoms with Gasteiger partial charge in [0, 0.05) is 30.9 Å². The largest absolute Gasteiger partial charge is 0.332 e. The molecule has 2 aliphatic carbocycles. The van der Waals surface area contributed by atoms with Crippen LogP contribution in [0.4, 0.5) is 4.39 Å². The highest BCUT2D eigenvalue weighted by molar-refractivity contribution is 5.79. The van der Waals surface area contributed by atoms with Crippen molar-refractivity contribution in [2.75, 3.05) is 0 Å². The summed E-state index contributed by atoms with van der Waals surface area (Å²) in [7, 11) is 0. The minimum atomic E-state index is -0.224. The van der Waals surface area contributed by atoms with Crippen LogP contribution >= 0.6 is 0 Å². The van der Waals surface area contributed by atoms with Gasteiger partial charge in [-0.05, 0) is 43.4 Å². The molecule has 4 rings (SSSR count). The molecule has 0 N–H and O–H groups in total. The van der Waals surface area contributed by atoms with Gasteiger partial charge in [-0.3, -0.25) is 4.79 Å². The summed E-state index contributed by atoms with van der Waals surface area (Å²) >= 11 is 0. The monoisotopic (exact) mass is 369 g/mol. The molecule has 0 atom stereocenters. The summed E-state index contributed by atoms with van der Waals surface area (Å²) in [4.78, 5) is 19.7. The molecule has 2 aliphatic rings. The van der Waals surface area contributed by atoms with Crippen LogP contribution in [-0.4, -0.2) is 26.4 Å². The first-order valence-corrected chi connectivity index (χ1v) is 10.3. The number of carbonyl (C=O) groups excluding carboxylic acids is 1. The van der Waals surface area contributed by atoms with Gasteiger partial charge in [0.15, 0.2) is 0 Å². The van der Waals surface area contributed by atoms with Gasteiger partial charge in [-0.15, -0.1) is 0 Å². The fourth-order valence-corrected chi connectivity index (χ4v) is 4.29. The van der Waals surface area contributed by atoms with Gasteiger partial charge < -0.3 is 9.47 Å². The Labute approximate surface area is 160 Å². The minimum Gasteiger partial charge on any atom is -0.332 e. The predicted molar refractivity (Wildman–Crippen MR) is 102 cm³/mol. The van der Waals surface area contributed by atoms with Gasteiger partial charge in [-0.25, -0.2) is 9.37 Å². The highest BCUT2D eigenvalue weighted by Gasteiger charge is 2.34. The van der Waals surface area contributed by atoms with Crippen molar-refractivity contribution < 1.29 is 9.18 Å². The molecule has 1 amide bonds. The van der Waals surface area contributed by atoms with Crippen molar-refractivity contribution in [3.05, 3.63) is 53.9 Å². The lowest BCUT2D eigenvalue weighted by molar-refractivity contribution is -0.142. The zero-order chi connectivity index (χ0) is 18.6. The van der Waals surface area contributed by atoms with Crippen LogP contribution in [0.3, 0.4) is 0 Å². The van der Waals surface area contributed by atoms with E-state index in [-0.39, 0.29) is 11.7 Å². The van der Waals surface area contributed by atoms with Crippen molar-refractivity contribution in [1.29, 1.82) is 0 Å². The average molecular weight is 369 g/mol. The first-order chi connectivity index (χ1) is 13.2. The summed E-state index contributed by atoms with van der Waals surface area (Å²) in [5, 5.41) is 0. The number of rotatable bonds is 6. The first-order valence-electron chi connectivity index (χ1n) is 10.3. The van der Waals surface area contributed by atoms with Crippen molar-refractivity contribution in [3.8, 4) is 0 Å². The van der Waals surface area contributed by atoms with Gasteiger partial charge in [0.05, 0.1) is 6.54 Å². The molecule has 144 valence electrons. The van der Waals surface area contributed by atoms with Gasteiger partial charge in [0.25, 0.3) is 0 Å². The van der Waals surface area contributed by atoms with Crippen molar-refractivity contribution >= 4 is 5.91 Å². The smallest absolute Gasteiger partial charge is 0.226 e. The van der Waals surface area contributed by atoms with Crippen LogP contribution < -0.4 is 0 Å². The Morgan fingerprint density at radius 2 is 1.96 bits per heavy atom. The van der Waals surface area contributed by atoms with E-state index < -0.39 is 0 Å². The van der Waals surface area contributed by atoms with E-state index in [0.29, 0.717) is 25.0 Å². The van der Waals surface area contributed by atoms with E-state index in [1.165, 1.54) is 31.7 Å². The molecule has 2 saturated carbocycles. The van der Waals surface area contributed by atoms with E-state index in [1.54, 1.807) is 18.3 Å². The summed E-state index contributed by atoms with van der Waals surface area (Å²) in [5.41, 5.74) is 0.906. The van der Waals surface area contributed by atoms with Crippen molar-refractivity contribution in [3.63, 3.8) is 0 Å². The summed E-state index contributed by atoms with van der Waals surface area (Å²) in [5.74, 6) is 1.18. The average Bonchev–Trinajstić information content (AvgIpc) is 3.05. The summed E-state index contributed by atoms with van der Waals surface area (Å²) in [6, 6.07) is 7.01. The maximum atomic E-state index is 13.5. The third kappa shape index (κ3) is 4.23. The van der Waals surface area contributed by atoms with E-state index in [2.05, 4.69) is 9.88 Å².